The van der Waals surface area contributed by atoms with Gasteiger partial charge >= 0.3 is 0 Å². The summed E-state index contributed by atoms with van der Waals surface area (Å²) in [6, 6.07) is 9.55. The van der Waals surface area contributed by atoms with E-state index < -0.39 is 0 Å². The quantitative estimate of drug-likeness (QED) is 0.790. The Hall–Kier alpha value is -1.96. The summed E-state index contributed by atoms with van der Waals surface area (Å²) in [6.45, 7) is 7.91. The zero-order chi connectivity index (χ0) is 20.7. The Kier molecular flexibility index (Phi) is 5.52. The number of hydrogen-bond donors (Lipinski definition) is 2. The third-order valence-electron chi connectivity index (χ3n) is 6.96. The molecule has 7 nitrogen and oxygen atoms in total. The highest BCUT2D eigenvalue weighted by Gasteiger charge is 2.42. The molecule has 2 aromatic rings. The lowest BCUT2D eigenvalue weighted by Gasteiger charge is -2.41. The van der Waals surface area contributed by atoms with Gasteiger partial charge in [-0.25, -0.2) is 0 Å². The molecule has 5 rings (SSSR count). The number of hydrogen-bond acceptors (Lipinski definition) is 5. The largest absolute Gasteiger partial charge is 0.374 e. The highest BCUT2D eigenvalue weighted by molar-refractivity contribution is 6.05. The van der Waals surface area contributed by atoms with Gasteiger partial charge in [-0.3, -0.25) is 14.4 Å². The lowest BCUT2D eigenvalue weighted by molar-refractivity contribution is -0.0146. The minimum Gasteiger partial charge on any atom is -0.374 e. The van der Waals surface area contributed by atoms with Crippen LogP contribution in [0.1, 0.15) is 56.1 Å². The summed E-state index contributed by atoms with van der Waals surface area (Å²) in [7, 11) is 0. The SMILES string of the molecule is CC(C)n1nc(C(=O)N[C@@H]2C[C@H]3CC[C@@H](C2)N3CC2CNCCO2)c2ccccc21. The zero-order valence-electron chi connectivity index (χ0n) is 18.0. The molecule has 3 aliphatic heterocycles. The van der Waals surface area contributed by atoms with E-state index in [-0.39, 0.29) is 18.0 Å². The Balaban J connectivity index is 1.26. The molecular formula is C23H33N5O2. The number of carbonyl (C=O) groups is 1. The first-order valence-corrected chi connectivity index (χ1v) is 11.5. The zero-order valence-corrected chi connectivity index (χ0v) is 18.0. The van der Waals surface area contributed by atoms with Gasteiger partial charge in [0.1, 0.15) is 0 Å². The third-order valence-corrected chi connectivity index (χ3v) is 6.96. The third kappa shape index (κ3) is 3.74. The molecular weight excluding hydrogens is 378 g/mol. The fourth-order valence-corrected chi connectivity index (χ4v) is 5.57. The predicted octanol–water partition coefficient (Wildman–Crippen LogP) is 2.33. The monoisotopic (exact) mass is 411 g/mol. The highest BCUT2D eigenvalue weighted by Crippen LogP contribution is 2.36. The van der Waals surface area contributed by atoms with Crippen molar-refractivity contribution in [2.45, 2.75) is 69.8 Å². The molecule has 2 N–H and O–H groups in total. The van der Waals surface area contributed by atoms with Crippen LogP contribution in [0.2, 0.25) is 0 Å². The molecule has 1 unspecified atom stereocenters. The van der Waals surface area contributed by atoms with Crippen LogP contribution in [0.3, 0.4) is 0 Å². The Labute approximate surface area is 178 Å². The van der Waals surface area contributed by atoms with Crippen LogP contribution >= 0.6 is 0 Å². The fraction of sp³-hybridized carbons (Fsp3) is 0.652. The van der Waals surface area contributed by atoms with Crippen molar-refractivity contribution in [1.29, 1.82) is 0 Å². The van der Waals surface area contributed by atoms with Crippen molar-refractivity contribution in [2.24, 2.45) is 0 Å². The summed E-state index contributed by atoms with van der Waals surface area (Å²) in [5, 5.41) is 12.4. The summed E-state index contributed by atoms with van der Waals surface area (Å²) < 4.78 is 7.89. The van der Waals surface area contributed by atoms with Crippen molar-refractivity contribution in [3.8, 4) is 0 Å². The van der Waals surface area contributed by atoms with Gasteiger partial charge in [0.25, 0.3) is 5.91 Å². The number of ether oxygens (including phenoxy) is 1. The minimum atomic E-state index is -0.0386. The second kappa shape index (κ2) is 8.29. The van der Waals surface area contributed by atoms with Crippen molar-refractivity contribution >= 4 is 16.8 Å². The molecule has 3 fully saturated rings. The molecule has 1 aromatic heterocycles. The van der Waals surface area contributed by atoms with Crippen LogP contribution in [0.4, 0.5) is 0 Å². The number of carbonyl (C=O) groups excluding carboxylic acids is 1. The average Bonchev–Trinajstić information content (AvgIpc) is 3.24. The van der Waals surface area contributed by atoms with Gasteiger partial charge in [0.2, 0.25) is 0 Å². The first kappa shape index (κ1) is 20.0. The van der Waals surface area contributed by atoms with Crippen molar-refractivity contribution in [2.75, 3.05) is 26.2 Å². The maximum Gasteiger partial charge on any atom is 0.272 e. The first-order valence-electron chi connectivity index (χ1n) is 11.5. The van der Waals surface area contributed by atoms with Crippen molar-refractivity contribution in [3.63, 3.8) is 0 Å². The van der Waals surface area contributed by atoms with Crippen LogP contribution in [0.5, 0.6) is 0 Å². The van der Waals surface area contributed by atoms with Gasteiger partial charge in [0, 0.05) is 49.2 Å². The van der Waals surface area contributed by atoms with E-state index in [2.05, 4.69) is 34.5 Å². The van der Waals surface area contributed by atoms with Crippen LogP contribution in [0, 0.1) is 0 Å². The van der Waals surface area contributed by atoms with Gasteiger partial charge in [0.05, 0.1) is 18.2 Å². The fourth-order valence-electron chi connectivity index (χ4n) is 5.57. The molecule has 3 saturated heterocycles. The Bertz CT molecular complexity index is 890. The summed E-state index contributed by atoms with van der Waals surface area (Å²) in [4.78, 5) is 15.8. The first-order chi connectivity index (χ1) is 14.6. The predicted molar refractivity (Wildman–Crippen MR) is 117 cm³/mol. The van der Waals surface area contributed by atoms with Crippen molar-refractivity contribution in [3.05, 3.63) is 30.0 Å². The van der Waals surface area contributed by atoms with Gasteiger partial charge in [-0.05, 0) is 45.6 Å². The molecule has 30 heavy (non-hydrogen) atoms. The number of amides is 1. The standard InChI is InChI=1S/C23H33N5O2/c1-15(2)28-21-6-4-3-5-20(21)22(26-28)23(29)25-16-11-17-7-8-18(12-16)27(17)14-19-13-24-9-10-30-19/h3-6,15-19,24H,7-14H2,1-2H3,(H,25,29)/t16-,17-,18+,19?. The van der Waals surface area contributed by atoms with E-state index in [1.165, 1.54) is 12.8 Å². The van der Waals surface area contributed by atoms with E-state index in [9.17, 15) is 4.79 Å². The summed E-state index contributed by atoms with van der Waals surface area (Å²) >= 11 is 0. The van der Waals surface area contributed by atoms with E-state index in [1.54, 1.807) is 0 Å². The second-order valence-corrected chi connectivity index (χ2v) is 9.32. The van der Waals surface area contributed by atoms with E-state index in [0.717, 1.165) is 50.0 Å². The van der Waals surface area contributed by atoms with Gasteiger partial charge in [-0.1, -0.05) is 18.2 Å². The van der Waals surface area contributed by atoms with Gasteiger partial charge in [-0.2, -0.15) is 5.10 Å². The van der Waals surface area contributed by atoms with Crippen molar-refractivity contribution in [1.82, 2.24) is 25.3 Å². The molecule has 3 aliphatic rings. The van der Waals surface area contributed by atoms with E-state index in [1.807, 2.05) is 28.9 Å². The van der Waals surface area contributed by atoms with Gasteiger partial charge in [0.15, 0.2) is 5.69 Å². The summed E-state index contributed by atoms with van der Waals surface area (Å²) in [5.74, 6) is -0.0386. The molecule has 0 spiro atoms. The van der Waals surface area contributed by atoms with E-state index in [4.69, 9.17) is 4.74 Å². The molecule has 0 radical (unpaired) electrons. The maximum atomic E-state index is 13.2. The number of rotatable bonds is 5. The number of fused-ring (bicyclic) bond motifs is 3. The van der Waals surface area contributed by atoms with Crippen LogP contribution < -0.4 is 10.6 Å². The van der Waals surface area contributed by atoms with E-state index in [0.29, 0.717) is 23.9 Å². The average molecular weight is 412 g/mol. The van der Waals surface area contributed by atoms with Crippen molar-refractivity contribution < 1.29 is 9.53 Å². The number of aromatic nitrogens is 2. The molecule has 1 amide bonds. The lowest BCUT2D eigenvalue weighted by Crippen LogP contribution is -2.54. The number of piperidine rings is 1. The molecule has 0 aliphatic carbocycles. The lowest BCUT2D eigenvalue weighted by atomic mass is 9.96. The highest BCUT2D eigenvalue weighted by atomic mass is 16.5. The molecule has 1 aromatic carbocycles. The number of nitrogens with zero attached hydrogens (tertiary/aromatic N) is 3. The molecule has 7 heteroatoms. The normalized spacial score (nSPS) is 29.6. The molecule has 2 bridgehead atoms. The van der Waals surface area contributed by atoms with Crippen LogP contribution in [0.15, 0.2) is 24.3 Å². The Morgan fingerprint density at radius 2 is 2.03 bits per heavy atom. The number of nitrogens with one attached hydrogen (secondary N) is 2. The molecule has 4 atom stereocenters. The van der Waals surface area contributed by atoms with Crippen LogP contribution in [0.25, 0.3) is 10.9 Å². The Morgan fingerprint density at radius 3 is 2.73 bits per heavy atom. The number of benzene rings is 1. The number of morpholine rings is 1. The molecule has 0 saturated carbocycles. The summed E-state index contributed by atoms with van der Waals surface area (Å²) in [6.07, 6.45) is 4.78. The van der Waals surface area contributed by atoms with Gasteiger partial charge < -0.3 is 15.4 Å². The topological polar surface area (TPSA) is 71.4 Å². The molecule has 162 valence electrons. The smallest absolute Gasteiger partial charge is 0.272 e. The minimum absolute atomic E-state index is 0.0386. The Morgan fingerprint density at radius 1 is 1.27 bits per heavy atom. The molecule has 4 heterocycles. The van der Waals surface area contributed by atoms with Gasteiger partial charge in [-0.15, -0.1) is 0 Å². The number of para-hydroxylation sites is 1. The second-order valence-electron chi connectivity index (χ2n) is 9.32. The van der Waals surface area contributed by atoms with Crippen LogP contribution in [-0.2, 0) is 4.74 Å². The maximum absolute atomic E-state index is 13.2. The van der Waals surface area contributed by atoms with Crippen LogP contribution in [-0.4, -0.2) is 71.1 Å². The summed E-state index contributed by atoms with van der Waals surface area (Å²) in [5.41, 5.74) is 1.57. The van der Waals surface area contributed by atoms with E-state index >= 15 is 0 Å².